The van der Waals surface area contributed by atoms with Crippen molar-refractivity contribution in [3.8, 4) is 0 Å². The molecule has 0 saturated carbocycles. The topological polar surface area (TPSA) is 243 Å². The summed E-state index contributed by atoms with van der Waals surface area (Å²) in [5.74, 6) is 0. The molecule has 0 atom stereocenters. The van der Waals surface area contributed by atoms with Crippen molar-refractivity contribution in [3.63, 3.8) is 0 Å². The first-order valence-corrected chi connectivity index (χ1v) is 0.408. The van der Waals surface area contributed by atoms with E-state index in [1.165, 1.54) is 0 Å². The smallest absolute Gasteiger partial charge is 0.00366 e. The Hall–Kier alpha value is -0.321. The molecule has 0 fully saturated rings. The minimum Gasteiger partial charge on any atom is -0.412 e. The van der Waals surface area contributed by atoms with Crippen molar-refractivity contribution >= 4 is 0 Å². The van der Waals surface area contributed by atoms with Gasteiger partial charge in [0.1, 0.15) is 0 Å². The van der Waals surface area contributed by atoms with Gasteiger partial charge in [-0.15, -0.1) is 0 Å². The molecule has 9 nitrogen and oxygen atoms in total. The predicted octanol–water partition coefficient (Wildman–Crippen LogP) is -6.62. The van der Waals surface area contributed by atoms with Crippen LogP contribution in [0.4, 0.5) is 0 Å². The second-order valence-corrected chi connectivity index (χ2v) is 0.0833. The van der Waals surface area contributed by atoms with Crippen molar-refractivity contribution in [2.75, 3.05) is 0 Å². The van der Waals surface area contributed by atoms with Gasteiger partial charge in [-0.2, -0.15) is 0 Å². The zero-order chi connectivity index (χ0) is 2.71. The Kier molecular flexibility index (Phi) is 28700. The van der Waals surface area contributed by atoms with Crippen molar-refractivity contribution in [2.45, 2.75) is 0 Å². The molecule has 74 valence electrons. The quantitative estimate of drug-likeness (QED) is 0.233. The minimum atomic E-state index is 0. The van der Waals surface area contributed by atoms with Gasteiger partial charge in [0.25, 0.3) is 0 Å². The molecule has 0 aromatic heterocycles. The Morgan fingerprint density at radius 2 is 0.800 bits per heavy atom. The van der Waals surface area contributed by atoms with Crippen LogP contribution < -0.4 is 5.34 Å². The van der Waals surface area contributed by atoms with Crippen LogP contribution in [-0.4, -0.2) is 32.9 Å². The van der Waals surface area contributed by atoms with E-state index in [-0.39, 0.29) is 55.3 Å². The number of hydrogen-bond acceptors (Lipinski definition) is 2. The Morgan fingerprint density at radius 1 is 0.800 bits per heavy atom. The van der Waals surface area contributed by atoms with E-state index < -0.39 is 0 Å². The van der Waals surface area contributed by atoms with Crippen LogP contribution >= 0.6 is 0 Å². The van der Waals surface area contributed by atoms with Crippen LogP contribution in [0.15, 0.2) is 0 Å². The summed E-state index contributed by atoms with van der Waals surface area (Å²) in [6.45, 7) is 0. The van der Waals surface area contributed by atoms with E-state index in [1.54, 1.807) is 0 Å². The second-order valence-electron chi connectivity index (χ2n) is 0.0833. The third-order valence-corrected chi connectivity index (χ3v) is 0. The van der Waals surface area contributed by atoms with Crippen LogP contribution in [0, 0.1) is 10.1 Å². The van der Waals surface area contributed by atoms with Crippen LogP contribution in [0.2, 0.25) is 0 Å². The third kappa shape index (κ3) is 3340. The molecule has 0 bridgehead atoms. The molecule has 10 heavy (non-hydrogen) atoms. The Labute approximate surface area is 66.3 Å². The first kappa shape index (κ1) is 259. The van der Waals surface area contributed by atoms with Crippen LogP contribution in [0.3, 0.4) is 0 Å². The molecule has 0 saturated heterocycles. The molecule has 0 aliphatic rings. The van der Waals surface area contributed by atoms with Gasteiger partial charge in [0.15, 0.2) is 0 Å². The van der Waals surface area contributed by atoms with Crippen molar-refractivity contribution in [1.29, 1.82) is 0 Å². The van der Waals surface area contributed by atoms with E-state index in [9.17, 15) is 0 Å². The maximum atomic E-state index is 8.12. The molecule has 10 heteroatoms. The third-order valence-electron chi connectivity index (χ3n) is 0. The van der Waals surface area contributed by atoms with Crippen LogP contribution in [0.25, 0.3) is 0 Å². The van der Waals surface area contributed by atoms with Crippen LogP contribution in [-0.2, 0) is 17.1 Å². The summed E-state index contributed by atoms with van der Waals surface area (Å²) in [5.41, 5.74) is 0. The van der Waals surface area contributed by atoms with Crippen LogP contribution in [0.5, 0.6) is 0 Å². The summed E-state index contributed by atoms with van der Waals surface area (Å²) in [6.07, 6.45) is 0. The van der Waals surface area contributed by atoms with Gasteiger partial charge in [0, 0.05) is 22.4 Å². The molecule has 0 heterocycles. The monoisotopic (exact) mass is 211 g/mol. The molecule has 0 radical (unpaired) electrons. The minimum absolute atomic E-state index is 0. The van der Waals surface area contributed by atoms with Gasteiger partial charge in [-0.25, -0.2) is 0 Å². The summed E-state index contributed by atoms with van der Waals surface area (Å²) in [7, 11) is 0. The van der Waals surface area contributed by atoms with Gasteiger partial charge in [0.05, 0.1) is 0 Å². The van der Waals surface area contributed by atoms with Gasteiger partial charge in [0.2, 0.25) is 0 Å². The van der Waals surface area contributed by atoms with Crippen molar-refractivity contribution in [3.05, 3.63) is 10.1 Å². The molecule has 0 aliphatic heterocycles. The normalized spacial score (nSPS) is 1.20. The molecular formula is H13FeNO8. The fourth-order valence-corrected chi connectivity index (χ4v) is 0. The first-order valence-electron chi connectivity index (χ1n) is 0.408. The molecule has 0 aromatic carbocycles. The summed E-state index contributed by atoms with van der Waals surface area (Å²) < 4.78 is 0. The van der Waals surface area contributed by atoms with E-state index in [0.717, 1.165) is 0 Å². The molecule has 0 unspecified atom stereocenters. The standard InChI is InChI=1S/Fe.HNO2.6H2O/c;2-1-3;;;;;;/h;1H;6*1H2. The maximum Gasteiger partial charge on any atom is 0.00366 e. The van der Waals surface area contributed by atoms with Crippen molar-refractivity contribution in [2.24, 2.45) is 0 Å². The Morgan fingerprint density at radius 3 is 0.800 bits per heavy atom. The largest absolute Gasteiger partial charge is 0.412 e. The average molecular weight is 211 g/mol. The maximum absolute atomic E-state index is 8.12. The zero-order valence-corrected chi connectivity index (χ0v) is 5.77. The van der Waals surface area contributed by atoms with Gasteiger partial charge in [-0.1, -0.05) is 0 Å². The fraction of sp³-hybridized carbons (Fsp3) is 0. The van der Waals surface area contributed by atoms with Gasteiger partial charge in [-0.3, -0.25) is 10.1 Å². The molecular weight excluding hydrogens is 198 g/mol. The Bertz CT molecular complexity index is 16.7. The summed E-state index contributed by atoms with van der Waals surface area (Å²) >= 11 is 0. The molecule has 0 spiro atoms. The summed E-state index contributed by atoms with van der Waals surface area (Å²) in [6, 6.07) is 0. The summed E-state index contributed by atoms with van der Waals surface area (Å²) in [5, 5.41) is 8.38. The van der Waals surface area contributed by atoms with Crippen LogP contribution in [0.1, 0.15) is 0 Å². The molecule has 0 aliphatic carbocycles. The van der Waals surface area contributed by atoms with Crippen molar-refractivity contribution in [1.82, 2.24) is 0 Å². The fourth-order valence-electron chi connectivity index (χ4n) is 0. The zero-order valence-electron chi connectivity index (χ0n) is 4.67. The molecule has 0 rings (SSSR count). The number of rotatable bonds is 0. The average Bonchev–Trinajstić information content (AvgIpc) is 0.918. The molecule has 0 aromatic rings. The first-order chi connectivity index (χ1) is 1.41. The Balaban J connectivity index is -0.000000000952. The summed E-state index contributed by atoms with van der Waals surface area (Å²) in [4.78, 5) is 8.12. The van der Waals surface area contributed by atoms with E-state index in [1.807, 2.05) is 0 Å². The van der Waals surface area contributed by atoms with E-state index in [2.05, 4.69) is 0 Å². The van der Waals surface area contributed by atoms with E-state index in [0.29, 0.717) is 0 Å². The van der Waals surface area contributed by atoms with Gasteiger partial charge < -0.3 is 32.9 Å². The van der Waals surface area contributed by atoms with Gasteiger partial charge in [-0.05, 0) is 0 Å². The van der Waals surface area contributed by atoms with Gasteiger partial charge >= 0.3 is 0 Å². The van der Waals surface area contributed by atoms with E-state index >= 15 is 0 Å². The SMILES string of the molecule is O.O.O.O.O.O.O=[NH+][O-].[Fe]. The number of nitrogens with one attached hydrogen (secondary N) is 1. The molecule has 13 N–H and O–H groups in total. The number of hydrogen-bond donors (Lipinski definition) is 1. The predicted molar refractivity (Wildman–Crippen MR) is 29.4 cm³/mol. The second kappa shape index (κ2) is 1110. The van der Waals surface area contributed by atoms with E-state index in [4.69, 9.17) is 10.1 Å². The molecule has 0 amide bonds. The van der Waals surface area contributed by atoms with Crippen molar-refractivity contribution < 1.29 is 55.3 Å².